The smallest absolute Gasteiger partial charge is 0.370 e. The summed E-state index contributed by atoms with van der Waals surface area (Å²) in [6, 6.07) is 3.55. The van der Waals surface area contributed by atoms with Gasteiger partial charge >= 0.3 is 6.18 Å². The molecule has 1 spiro atoms. The molecule has 0 aromatic heterocycles. The molecule has 0 amide bonds. The zero-order valence-corrected chi connectivity index (χ0v) is 14.7. The van der Waals surface area contributed by atoms with Crippen molar-refractivity contribution in [2.24, 2.45) is 23.2 Å². The molecule has 0 bridgehead atoms. The lowest BCUT2D eigenvalue weighted by atomic mass is 9.44. The van der Waals surface area contributed by atoms with Crippen LogP contribution in [0.4, 0.5) is 18.9 Å². The van der Waals surface area contributed by atoms with Crippen molar-refractivity contribution in [3.63, 3.8) is 0 Å². The van der Waals surface area contributed by atoms with E-state index < -0.39 is 11.7 Å². The molecule has 4 rings (SSSR count). The van der Waals surface area contributed by atoms with Crippen molar-refractivity contribution < 1.29 is 18.0 Å². The van der Waals surface area contributed by atoms with Gasteiger partial charge in [0.1, 0.15) is 0 Å². The van der Waals surface area contributed by atoms with Crippen LogP contribution in [0.1, 0.15) is 55.5 Å². The second kappa shape index (κ2) is 5.49. The average Bonchev–Trinajstić information content (AvgIpc) is 2.87. The number of anilines is 1. The fourth-order valence-corrected chi connectivity index (χ4v) is 5.99. The Balaban J connectivity index is 1.71. The number of hydrogen-bond acceptors (Lipinski definition) is 2. The van der Waals surface area contributed by atoms with Crippen LogP contribution in [0.3, 0.4) is 0 Å². The topological polar surface area (TPSA) is 20.3 Å². The number of alkyl halides is 3. The number of ketones is 1. The maximum absolute atomic E-state index is 13.2. The Morgan fingerprint density at radius 1 is 1.24 bits per heavy atom. The van der Waals surface area contributed by atoms with E-state index in [2.05, 4.69) is 11.8 Å². The van der Waals surface area contributed by atoms with Crippen LogP contribution < -0.4 is 4.90 Å². The highest BCUT2D eigenvalue weighted by molar-refractivity contribution is 6.00. The minimum absolute atomic E-state index is 0.172. The van der Waals surface area contributed by atoms with Gasteiger partial charge in [0.05, 0.1) is 5.56 Å². The van der Waals surface area contributed by atoms with E-state index in [1.807, 2.05) is 0 Å². The normalized spacial score (nSPS) is 34.3. The fourth-order valence-electron chi connectivity index (χ4n) is 5.99. The molecular weight excluding hydrogens is 327 g/mol. The molecule has 3 fully saturated rings. The number of nitrogens with zero attached hydrogens (tertiary/aromatic N) is 1. The van der Waals surface area contributed by atoms with Crippen molar-refractivity contribution >= 4 is 11.5 Å². The van der Waals surface area contributed by atoms with Crippen LogP contribution in [0.2, 0.25) is 0 Å². The third-order valence-electron chi connectivity index (χ3n) is 7.10. The summed E-state index contributed by atoms with van der Waals surface area (Å²) >= 11 is 0. The quantitative estimate of drug-likeness (QED) is 0.685. The molecule has 25 heavy (non-hydrogen) atoms. The van der Waals surface area contributed by atoms with Gasteiger partial charge in [-0.05, 0) is 61.1 Å². The Labute approximate surface area is 146 Å². The molecule has 0 N–H and O–H groups in total. The van der Waals surface area contributed by atoms with E-state index in [-0.39, 0.29) is 11.2 Å². The zero-order chi connectivity index (χ0) is 18.0. The van der Waals surface area contributed by atoms with Gasteiger partial charge in [-0.1, -0.05) is 19.8 Å². The molecule has 2 saturated carbocycles. The van der Waals surface area contributed by atoms with E-state index in [1.165, 1.54) is 44.7 Å². The fraction of sp³-hybridized carbons (Fsp3) is 0.650. The Bertz CT molecular complexity index is 713. The van der Waals surface area contributed by atoms with E-state index in [0.717, 1.165) is 19.2 Å². The highest BCUT2D eigenvalue weighted by Gasteiger charge is 2.63. The SMILES string of the molecule is CC(=O)c1ccc(C(F)(F)F)cc1N1CC2C(C)C3CCCCC32C1. The summed E-state index contributed by atoms with van der Waals surface area (Å²) in [6.07, 6.45) is 0.522. The van der Waals surface area contributed by atoms with Crippen LogP contribution in [0.5, 0.6) is 0 Å². The van der Waals surface area contributed by atoms with Crippen molar-refractivity contribution in [2.45, 2.75) is 45.7 Å². The van der Waals surface area contributed by atoms with E-state index in [9.17, 15) is 18.0 Å². The molecule has 136 valence electrons. The van der Waals surface area contributed by atoms with E-state index in [0.29, 0.717) is 29.0 Å². The molecule has 1 heterocycles. The molecular formula is C20H24F3NO. The zero-order valence-electron chi connectivity index (χ0n) is 14.7. The molecule has 2 aliphatic carbocycles. The highest BCUT2D eigenvalue weighted by atomic mass is 19.4. The number of rotatable bonds is 2. The molecule has 5 heteroatoms. The maximum Gasteiger partial charge on any atom is 0.416 e. The maximum atomic E-state index is 13.2. The van der Waals surface area contributed by atoms with Gasteiger partial charge in [0, 0.05) is 24.3 Å². The molecule has 1 aromatic carbocycles. The van der Waals surface area contributed by atoms with Gasteiger partial charge in [-0.25, -0.2) is 0 Å². The Morgan fingerprint density at radius 3 is 2.68 bits per heavy atom. The lowest BCUT2D eigenvalue weighted by Crippen LogP contribution is -2.56. The van der Waals surface area contributed by atoms with Crippen LogP contribution in [-0.4, -0.2) is 18.9 Å². The van der Waals surface area contributed by atoms with Gasteiger partial charge in [-0.15, -0.1) is 0 Å². The first-order chi connectivity index (χ1) is 11.7. The van der Waals surface area contributed by atoms with Crippen LogP contribution in [-0.2, 0) is 6.18 Å². The number of Topliss-reactive ketones (excluding diaryl/α,β-unsaturated/α-hetero) is 1. The summed E-state index contributed by atoms with van der Waals surface area (Å²) in [5.41, 5.74) is 0.478. The second-order valence-corrected chi connectivity index (χ2v) is 8.22. The predicted octanol–water partition coefficient (Wildman–Crippen LogP) is 5.17. The lowest BCUT2D eigenvalue weighted by Gasteiger charge is -2.59. The summed E-state index contributed by atoms with van der Waals surface area (Å²) in [5.74, 6) is 1.71. The number of halogens is 3. The Morgan fingerprint density at radius 2 is 2.00 bits per heavy atom. The molecule has 2 nitrogen and oxygen atoms in total. The van der Waals surface area contributed by atoms with E-state index in [4.69, 9.17) is 0 Å². The van der Waals surface area contributed by atoms with E-state index in [1.54, 1.807) is 0 Å². The number of carbonyl (C=O) groups excluding carboxylic acids is 1. The highest BCUT2D eigenvalue weighted by Crippen LogP contribution is 2.66. The summed E-state index contributed by atoms with van der Waals surface area (Å²) in [4.78, 5) is 14.1. The van der Waals surface area contributed by atoms with Gasteiger partial charge in [-0.3, -0.25) is 4.79 Å². The first-order valence-electron chi connectivity index (χ1n) is 9.21. The van der Waals surface area contributed by atoms with Crippen LogP contribution in [0, 0.1) is 23.2 Å². The average molecular weight is 351 g/mol. The van der Waals surface area contributed by atoms with Crippen molar-refractivity contribution in [2.75, 3.05) is 18.0 Å². The molecule has 1 aromatic rings. The van der Waals surface area contributed by atoms with Crippen LogP contribution >= 0.6 is 0 Å². The van der Waals surface area contributed by atoms with Crippen LogP contribution in [0.15, 0.2) is 18.2 Å². The molecule has 1 aliphatic heterocycles. The third kappa shape index (κ3) is 2.42. The molecule has 4 atom stereocenters. The van der Waals surface area contributed by atoms with Gasteiger partial charge in [0.25, 0.3) is 0 Å². The standard InChI is InChI=1S/C20H24F3NO/c1-12-16-5-3-4-8-19(16)11-24(10-17(12)19)18-9-14(20(21,22)23)6-7-15(18)13(2)25/h6-7,9,12,16-17H,3-5,8,10-11H2,1-2H3. The largest absolute Gasteiger partial charge is 0.416 e. The van der Waals surface area contributed by atoms with E-state index >= 15 is 0 Å². The number of benzene rings is 1. The molecule has 4 unspecified atom stereocenters. The van der Waals surface area contributed by atoms with Crippen molar-refractivity contribution in [1.29, 1.82) is 0 Å². The predicted molar refractivity (Wildman–Crippen MR) is 90.7 cm³/mol. The summed E-state index contributed by atoms with van der Waals surface area (Å²) < 4.78 is 39.5. The van der Waals surface area contributed by atoms with Crippen molar-refractivity contribution in [3.8, 4) is 0 Å². The molecule has 1 saturated heterocycles. The second-order valence-electron chi connectivity index (χ2n) is 8.22. The minimum Gasteiger partial charge on any atom is -0.370 e. The van der Waals surface area contributed by atoms with Gasteiger partial charge in [0.2, 0.25) is 0 Å². The van der Waals surface area contributed by atoms with Gasteiger partial charge < -0.3 is 4.90 Å². The van der Waals surface area contributed by atoms with Crippen molar-refractivity contribution in [1.82, 2.24) is 0 Å². The minimum atomic E-state index is -4.39. The first kappa shape index (κ1) is 16.9. The van der Waals surface area contributed by atoms with Gasteiger partial charge in [0.15, 0.2) is 5.78 Å². The number of hydrogen-bond donors (Lipinski definition) is 0. The number of carbonyl (C=O) groups is 1. The molecule has 3 aliphatic rings. The Kier molecular flexibility index (Phi) is 3.71. The van der Waals surface area contributed by atoms with Crippen molar-refractivity contribution in [3.05, 3.63) is 29.3 Å². The Hall–Kier alpha value is -1.52. The lowest BCUT2D eigenvalue weighted by molar-refractivity contribution is -0.137. The third-order valence-corrected chi connectivity index (χ3v) is 7.10. The monoisotopic (exact) mass is 351 g/mol. The molecule has 0 radical (unpaired) electrons. The van der Waals surface area contributed by atoms with Crippen LogP contribution in [0.25, 0.3) is 0 Å². The first-order valence-corrected chi connectivity index (χ1v) is 9.21. The van der Waals surface area contributed by atoms with Gasteiger partial charge in [-0.2, -0.15) is 13.2 Å². The summed E-state index contributed by atoms with van der Waals surface area (Å²) in [6.45, 7) is 5.30. The summed E-state index contributed by atoms with van der Waals surface area (Å²) in [5, 5.41) is 0. The summed E-state index contributed by atoms with van der Waals surface area (Å²) in [7, 11) is 0.